The van der Waals surface area contributed by atoms with Crippen LogP contribution in [-0.4, -0.2) is 46.2 Å². The van der Waals surface area contributed by atoms with Crippen LogP contribution in [0.2, 0.25) is 0 Å². The standard InChI is InChI=1S/C13H21N3O2/c1-3-18-12-4-7-15(8-5-12)13(17)11(2)16-9-6-14-10-16/h6,9-12H,3-5,7-8H2,1-2H3/t11-/m0/s1. The van der Waals surface area contributed by atoms with Gasteiger partial charge in [-0.2, -0.15) is 0 Å². The normalized spacial score (nSPS) is 18.9. The maximum atomic E-state index is 12.3. The molecule has 0 unspecified atom stereocenters. The number of aromatic nitrogens is 2. The fourth-order valence-corrected chi connectivity index (χ4v) is 2.37. The summed E-state index contributed by atoms with van der Waals surface area (Å²) in [5, 5.41) is 0. The second-order valence-corrected chi connectivity index (χ2v) is 4.67. The van der Waals surface area contributed by atoms with E-state index in [4.69, 9.17) is 4.74 Å². The van der Waals surface area contributed by atoms with Gasteiger partial charge in [0.1, 0.15) is 6.04 Å². The number of carbonyl (C=O) groups excluding carboxylic acids is 1. The summed E-state index contributed by atoms with van der Waals surface area (Å²) in [5.41, 5.74) is 0. The van der Waals surface area contributed by atoms with Crippen molar-refractivity contribution in [1.82, 2.24) is 14.5 Å². The summed E-state index contributed by atoms with van der Waals surface area (Å²) in [7, 11) is 0. The maximum Gasteiger partial charge on any atom is 0.245 e. The van der Waals surface area contributed by atoms with Crippen molar-refractivity contribution in [3.05, 3.63) is 18.7 Å². The lowest BCUT2D eigenvalue weighted by atomic mass is 10.1. The Morgan fingerprint density at radius 1 is 1.50 bits per heavy atom. The molecule has 5 nitrogen and oxygen atoms in total. The van der Waals surface area contributed by atoms with Crippen LogP contribution in [0.4, 0.5) is 0 Å². The molecular formula is C13H21N3O2. The molecule has 1 aromatic heterocycles. The number of rotatable bonds is 4. The lowest BCUT2D eigenvalue weighted by Gasteiger charge is -2.33. The zero-order valence-corrected chi connectivity index (χ0v) is 11.1. The Kier molecular flexibility index (Phi) is 4.36. The third kappa shape index (κ3) is 2.90. The largest absolute Gasteiger partial charge is 0.378 e. The van der Waals surface area contributed by atoms with E-state index in [1.807, 2.05) is 29.5 Å². The highest BCUT2D eigenvalue weighted by Crippen LogP contribution is 2.17. The molecule has 18 heavy (non-hydrogen) atoms. The molecule has 0 N–H and O–H groups in total. The first-order valence-electron chi connectivity index (χ1n) is 6.60. The molecule has 0 aromatic carbocycles. The van der Waals surface area contributed by atoms with E-state index in [-0.39, 0.29) is 11.9 Å². The van der Waals surface area contributed by atoms with Crippen LogP contribution < -0.4 is 0 Å². The van der Waals surface area contributed by atoms with Gasteiger partial charge in [0.05, 0.1) is 12.4 Å². The van der Waals surface area contributed by atoms with Crippen molar-refractivity contribution >= 4 is 5.91 Å². The SMILES string of the molecule is CCOC1CCN(C(=O)[C@H](C)n2ccnc2)CC1. The zero-order valence-electron chi connectivity index (χ0n) is 11.1. The number of piperidine rings is 1. The van der Waals surface area contributed by atoms with Crippen LogP contribution in [0.3, 0.4) is 0 Å². The Hall–Kier alpha value is -1.36. The predicted octanol–water partition coefficient (Wildman–Crippen LogP) is 1.47. The minimum Gasteiger partial charge on any atom is -0.378 e. The molecular weight excluding hydrogens is 230 g/mol. The first-order chi connectivity index (χ1) is 8.72. The summed E-state index contributed by atoms with van der Waals surface area (Å²) in [6, 6.07) is -0.170. The Morgan fingerprint density at radius 3 is 2.78 bits per heavy atom. The molecule has 0 radical (unpaired) electrons. The summed E-state index contributed by atoms with van der Waals surface area (Å²) < 4.78 is 7.43. The highest BCUT2D eigenvalue weighted by molar-refractivity contribution is 5.80. The first kappa shape index (κ1) is 13.1. The van der Waals surface area contributed by atoms with Gasteiger partial charge in [-0.1, -0.05) is 0 Å². The van der Waals surface area contributed by atoms with Gasteiger partial charge in [-0.3, -0.25) is 4.79 Å². The molecule has 1 aliphatic heterocycles. The number of nitrogens with zero attached hydrogens (tertiary/aromatic N) is 3. The molecule has 2 heterocycles. The lowest BCUT2D eigenvalue weighted by Crippen LogP contribution is -2.43. The topological polar surface area (TPSA) is 47.4 Å². The van der Waals surface area contributed by atoms with E-state index in [0.29, 0.717) is 6.10 Å². The minimum atomic E-state index is -0.170. The third-order valence-corrected chi connectivity index (χ3v) is 3.49. The Morgan fingerprint density at radius 2 is 2.22 bits per heavy atom. The fraction of sp³-hybridized carbons (Fsp3) is 0.692. The maximum absolute atomic E-state index is 12.3. The number of ether oxygens (including phenoxy) is 1. The number of hydrogen-bond acceptors (Lipinski definition) is 3. The third-order valence-electron chi connectivity index (χ3n) is 3.49. The zero-order chi connectivity index (χ0) is 13.0. The average Bonchev–Trinajstić information content (AvgIpc) is 2.92. The molecule has 1 atom stereocenters. The Labute approximate surface area is 108 Å². The van der Waals surface area contributed by atoms with E-state index in [2.05, 4.69) is 4.98 Å². The molecule has 1 aromatic rings. The molecule has 100 valence electrons. The van der Waals surface area contributed by atoms with Crippen molar-refractivity contribution < 1.29 is 9.53 Å². The molecule has 2 rings (SSSR count). The van der Waals surface area contributed by atoms with E-state index >= 15 is 0 Å². The van der Waals surface area contributed by atoms with E-state index in [1.165, 1.54) is 0 Å². The van der Waals surface area contributed by atoms with Crippen LogP contribution >= 0.6 is 0 Å². The van der Waals surface area contributed by atoms with Crippen molar-refractivity contribution in [2.75, 3.05) is 19.7 Å². The molecule has 5 heteroatoms. The summed E-state index contributed by atoms with van der Waals surface area (Å²) >= 11 is 0. The molecule has 1 saturated heterocycles. The van der Waals surface area contributed by atoms with Gasteiger partial charge in [-0.25, -0.2) is 4.98 Å². The van der Waals surface area contributed by atoms with Crippen LogP contribution in [0, 0.1) is 0 Å². The summed E-state index contributed by atoms with van der Waals surface area (Å²) in [6.45, 7) is 6.27. The molecule has 0 bridgehead atoms. The molecule has 0 saturated carbocycles. The predicted molar refractivity (Wildman–Crippen MR) is 68.2 cm³/mol. The monoisotopic (exact) mass is 251 g/mol. The van der Waals surface area contributed by atoms with Gasteiger partial charge < -0.3 is 14.2 Å². The van der Waals surface area contributed by atoms with E-state index in [0.717, 1.165) is 32.5 Å². The second-order valence-electron chi connectivity index (χ2n) is 4.67. The quantitative estimate of drug-likeness (QED) is 0.814. The number of likely N-dealkylation sites (tertiary alicyclic amines) is 1. The van der Waals surface area contributed by atoms with Crippen LogP contribution in [-0.2, 0) is 9.53 Å². The number of carbonyl (C=O) groups is 1. The van der Waals surface area contributed by atoms with Crippen LogP contribution in [0.25, 0.3) is 0 Å². The van der Waals surface area contributed by atoms with Crippen LogP contribution in [0.1, 0.15) is 32.7 Å². The lowest BCUT2D eigenvalue weighted by molar-refractivity contribution is -0.136. The van der Waals surface area contributed by atoms with Crippen LogP contribution in [0.5, 0.6) is 0 Å². The van der Waals surface area contributed by atoms with Gasteiger partial charge in [-0.15, -0.1) is 0 Å². The summed E-state index contributed by atoms with van der Waals surface area (Å²) in [4.78, 5) is 18.2. The number of hydrogen-bond donors (Lipinski definition) is 0. The summed E-state index contributed by atoms with van der Waals surface area (Å²) in [6.07, 6.45) is 7.42. The molecule has 1 aliphatic rings. The average molecular weight is 251 g/mol. The van der Waals surface area contributed by atoms with Crippen molar-refractivity contribution in [2.24, 2.45) is 0 Å². The van der Waals surface area contributed by atoms with Crippen molar-refractivity contribution in [3.63, 3.8) is 0 Å². The van der Waals surface area contributed by atoms with E-state index in [1.54, 1.807) is 12.5 Å². The Bertz CT molecular complexity index is 370. The van der Waals surface area contributed by atoms with Gasteiger partial charge in [0.15, 0.2) is 0 Å². The first-order valence-corrected chi connectivity index (χ1v) is 6.60. The van der Waals surface area contributed by atoms with Gasteiger partial charge in [0.2, 0.25) is 5.91 Å². The van der Waals surface area contributed by atoms with Crippen molar-refractivity contribution in [1.29, 1.82) is 0 Å². The van der Waals surface area contributed by atoms with Gasteiger partial charge in [-0.05, 0) is 26.7 Å². The minimum absolute atomic E-state index is 0.169. The molecule has 0 spiro atoms. The smallest absolute Gasteiger partial charge is 0.245 e. The van der Waals surface area contributed by atoms with Crippen molar-refractivity contribution in [2.45, 2.75) is 38.8 Å². The summed E-state index contributed by atoms with van der Waals surface area (Å²) in [5.74, 6) is 0.169. The second kappa shape index (κ2) is 6.00. The highest BCUT2D eigenvalue weighted by atomic mass is 16.5. The molecule has 1 fully saturated rings. The van der Waals surface area contributed by atoms with Gasteiger partial charge >= 0.3 is 0 Å². The fourth-order valence-electron chi connectivity index (χ4n) is 2.37. The van der Waals surface area contributed by atoms with Gasteiger partial charge in [0, 0.05) is 32.1 Å². The molecule has 1 amide bonds. The highest BCUT2D eigenvalue weighted by Gasteiger charge is 2.26. The van der Waals surface area contributed by atoms with Crippen LogP contribution in [0.15, 0.2) is 18.7 Å². The Balaban J connectivity index is 1.87. The van der Waals surface area contributed by atoms with E-state index < -0.39 is 0 Å². The number of amides is 1. The molecule has 0 aliphatic carbocycles. The number of imidazole rings is 1. The van der Waals surface area contributed by atoms with E-state index in [9.17, 15) is 4.79 Å². The van der Waals surface area contributed by atoms with Gasteiger partial charge in [0.25, 0.3) is 0 Å². The van der Waals surface area contributed by atoms with Crippen molar-refractivity contribution in [3.8, 4) is 0 Å².